The van der Waals surface area contributed by atoms with Crippen LogP contribution < -0.4 is 16.5 Å². The van der Waals surface area contributed by atoms with Crippen molar-refractivity contribution in [2.45, 2.75) is 65.0 Å². The van der Waals surface area contributed by atoms with E-state index in [-0.39, 0.29) is 11.7 Å². The van der Waals surface area contributed by atoms with Crippen molar-refractivity contribution in [3.05, 3.63) is 87.1 Å². The normalized spacial score (nSPS) is 15.0. The molecule has 33 heavy (non-hydrogen) atoms. The third-order valence-electron chi connectivity index (χ3n) is 5.99. The highest BCUT2D eigenvalue weighted by atomic mass is 16.1. The third kappa shape index (κ3) is 5.54. The summed E-state index contributed by atoms with van der Waals surface area (Å²) in [6.07, 6.45) is 6.08. The molecule has 172 valence electrons. The van der Waals surface area contributed by atoms with E-state index in [1.807, 2.05) is 18.2 Å². The number of hydrazine groups is 1. The summed E-state index contributed by atoms with van der Waals surface area (Å²) in [5, 5.41) is 8.16. The van der Waals surface area contributed by atoms with Gasteiger partial charge >= 0.3 is 0 Å². The zero-order valence-corrected chi connectivity index (χ0v) is 19.4. The molecular formula is C26H32N6O. The minimum atomic E-state index is -0.285. The maximum absolute atomic E-state index is 13.1. The fourth-order valence-electron chi connectivity index (χ4n) is 4.17. The van der Waals surface area contributed by atoms with E-state index in [1.165, 1.54) is 0 Å². The van der Waals surface area contributed by atoms with Gasteiger partial charge in [0, 0.05) is 24.0 Å². The van der Waals surface area contributed by atoms with Crippen LogP contribution in [-0.4, -0.2) is 9.97 Å². The van der Waals surface area contributed by atoms with Crippen LogP contribution >= 0.6 is 0 Å². The van der Waals surface area contributed by atoms with Gasteiger partial charge in [0.2, 0.25) is 0 Å². The van der Waals surface area contributed by atoms with Gasteiger partial charge in [0.25, 0.3) is 5.56 Å². The van der Waals surface area contributed by atoms with Crippen molar-refractivity contribution in [3.63, 3.8) is 0 Å². The fraction of sp³-hybridized carbons (Fsp3) is 0.385. The van der Waals surface area contributed by atoms with Gasteiger partial charge in [-0.1, -0.05) is 80.4 Å². The molecule has 1 aliphatic rings. The molecule has 0 radical (unpaired) electrons. The molecule has 1 aliphatic heterocycles. The molecule has 1 unspecified atom stereocenters. The second kappa shape index (κ2) is 11.0. The number of aromatic amines is 1. The van der Waals surface area contributed by atoms with Gasteiger partial charge in [-0.3, -0.25) is 4.79 Å². The number of H-pyrrole nitrogens is 1. The summed E-state index contributed by atoms with van der Waals surface area (Å²) >= 11 is 0. The molecule has 0 aliphatic carbocycles. The van der Waals surface area contributed by atoms with Crippen molar-refractivity contribution >= 4 is 0 Å². The second-order valence-electron chi connectivity index (χ2n) is 8.48. The minimum absolute atomic E-state index is 0.0174. The Balaban J connectivity index is 1.70. The molecule has 4 rings (SSSR count). The lowest BCUT2D eigenvalue weighted by Gasteiger charge is -2.16. The molecule has 3 N–H and O–H groups in total. The van der Waals surface area contributed by atoms with Crippen LogP contribution in [0.5, 0.6) is 0 Å². The van der Waals surface area contributed by atoms with E-state index in [4.69, 9.17) is 4.98 Å². The first kappa shape index (κ1) is 22.9. The molecule has 7 nitrogen and oxygen atoms in total. The lowest BCUT2D eigenvalue weighted by Crippen LogP contribution is -2.24. The molecule has 0 spiro atoms. The summed E-state index contributed by atoms with van der Waals surface area (Å²) in [6.45, 7) is 4.31. The van der Waals surface area contributed by atoms with Crippen LogP contribution in [-0.2, 0) is 19.3 Å². The molecule has 0 saturated heterocycles. The smallest absolute Gasteiger partial charge is 0.254 e. The molecule has 2 heterocycles. The Morgan fingerprint density at radius 3 is 2.48 bits per heavy atom. The largest absolute Gasteiger partial charge is 0.310 e. The topological polar surface area (TPSA) is 94.5 Å². The number of hydrogen-bond acceptors (Lipinski definition) is 6. The zero-order valence-electron chi connectivity index (χ0n) is 19.4. The number of aryl methyl sites for hydroxylation is 2. The Kier molecular flexibility index (Phi) is 7.62. The lowest BCUT2D eigenvalue weighted by atomic mass is 9.93. The van der Waals surface area contributed by atoms with Crippen molar-refractivity contribution in [3.8, 4) is 11.1 Å². The van der Waals surface area contributed by atoms with E-state index in [2.05, 4.69) is 70.5 Å². The molecular weight excluding hydrogens is 412 g/mol. The van der Waals surface area contributed by atoms with Crippen LogP contribution in [0.1, 0.15) is 73.9 Å². The van der Waals surface area contributed by atoms with E-state index in [0.29, 0.717) is 6.42 Å². The second-order valence-corrected chi connectivity index (χ2v) is 8.48. The first-order valence-corrected chi connectivity index (χ1v) is 11.9. The highest BCUT2D eigenvalue weighted by molar-refractivity contribution is 5.68. The highest BCUT2D eigenvalue weighted by Crippen LogP contribution is 2.31. The van der Waals surface area contributed by atoms with Gasteiger partial charge in [-0.15, -0.1) is 5.11 Å². The molecule has 3 aromatic rings. The molecule has 1 atom stereocenters. The molecule has 0 bridgehead atoms. The van der Waals surface area contributed by atoms with E-state index >= 15 is 0 Å². The number of benzene rings is 2. The first-order valence-electron chi connectivity index (χ1n) is 11.9. The van der Waals surface area contributed by atoms with Crippen LogP contribution in [0.15, 0.2) is 63.7 Å². The maximum atomic E-state index is 13.1. The van der Waals surface area contributed by atoms with E-state index in [9.17, 15) is 4.79 Å². The highest BCUT2D eigenvalue weighted by Gasteiger charge is 2.20. The Labute approximate surface area is 194 Å². The van der Waals surface area contributed by atoms with E-state index in [1.54, 1.807) is 0 Å². The standard InChI is InChI=1S/C26H32N6O/c1-3-5-12-23-22(26(33)28-24(27-23)13-6-4-2)17-18-14-15-20(19-10-8-7-9-11-19)21(16-18)25-29-31-32-30-25/h7-11,14-16,25H,3-6,12-13,17H2,1-2H3,(H,29,32)(H,30,31)(H,27,28,33). The van der Waals surface area contributed by atoms with Gasteiger partial charge in [-0.2, -0.15) is 5.43 Å². The van der Waals surface area contributed by atoms with Crippen molar-refractivity contribution in [1.82, 2.24) is 20.9 Å². The molecule has 0 fully saturated rings. The Morgan fingerprint density at radius 1 is 0.970 bits per heavy atom. The summed E-state index contributed by atoms with van der Waals surface area (Å²) in [4.78, 5) is 21.0. The summed E-state index contributed by atoms with van der Waals surface area (Å²) in [6, 6.07) is 16.6. The van der Waals surface area contributed by atoms with Crippen LogP contribution in [0.4, 0.5) is 0 Å². The SMILES string of the molecule is CCCCc1nc(CCCC)c(Cc2ccc(-c3ccccc3)c(C3N=NNN3)c2)c(=O)[nH]1. The number of nitrogens with one attached hydrogen (secondary N) is 3. The summed E-state index contributed by atoms with van der Waals surface area (Å²) < 4.78 is 0. The molecule has 7 heteroatoms. The van der Waals surface area contributed by atoms with E-state index < -0.39 is 0 Å². The van der Waals surface area contributed by atoms with Gasteiger partial charge < -0.3 is 4.98 Å². The van der Waals surface area contributed by atoms with Crippen molar-refractivity contribution in [1.29, 1.82) is 0 Å². The summed E-state index contributed by atoms with van der Waals surface area (Å²) in [5.74, 6) is 0.804. The van der Waals surface area contributed by atoms with Crippen molar-refractivity contribution < 1.29 is 0 Å². The molecule has 1 aromatic heterocycles. The molecule has 0 amide bonds. The minimum Gasteiger partial charge on any atom is -0.310 e. The number of hydrogen-bond donors (Lipinski definition) is 3. The fourth-order valence-corrected chi connectivity index (χ4v) is 4.17. The number of nitrogens with zero attached hydrogens (tertiary/aromatic N) is 3. The average Bonchev–Trinajstić information content (AvgIpc) is 3.38. The number of unbranched alkanes of at least 4 members (excludes halogenated alkanes) is 2. The Bertz CT molecular complexity index is 1160. The van der Waals surface area contributed by atoms with Crippen LogP contribution in [0.3, 0.4) is 0 Å². The number of aromatic nitrogens is 2. The first-order chi connectivity index (χ1) is 16.2. The predicted octanol–water partition coefficient (Wildman–Crippen LogP) is 5.19. The van der Waals surface area contributed by atoms with Gasteiger partial charge in [0.15, 0.2) is 6.17 Å². The summed E-state index contributed by atoms with van der Waals surface area (Å²) in [7, 11) is 0. The van der Waals surface area contributed by atoms with Crippen LogP contribution in [0, 0.1) is 0 Å². The van der Waals surface area contributed by atoms with Crippen LogP contribution in [0.2, 0.25) is 0 Å². The summed E-state index contributed by atoms with van der Waals surface area (Å²) in [5.41, 5.74) is 11.8. The lowest BCUT2D eigenvalue weighted by molar-refractivity contribution is 0.553. The molecule has 0 saturated carbocycles. The zero-order chi connectivity index (χ0) is 23.0. The van der Waals surface area contributed by atoms with Gasteiger partial charge in [-0.05, 0) is 36.0 Å². The monoisotopic (exact) mass is 444 g/mol. The van der Waals surface area contributed by atoms with Gasteiger partial charge in [0.05, 0.1) is 5.69 Å². The Morgan fingerprint density at radius 2 is 1.76 bits per heavy atom. The predicted molar refractivity (Wildman–Crippen MR) is 131 cm³/mol. The van der Waals surface area contributed by atoms with Crippen molar-refractivity contribution in [2.75, 3.05) is 0 Å². The Hall–Kier alpha value is -3.32. The van der Waals surface area contributed by atoms with E-state index in [0.717, 1.165) is 77.9 Å². The third-order valence-corrected chi connectivity index (χ3v) is 5.99. The van der Waals surface area contributed by atoms with Gasteiger partial charge in [-0.25, -0.2) is 10.5 Å². The van der Waals surface area contributed by atoms with Crippen LogP contribution in [0.25, 0.3) is 11.1 Å². The number of rotatable bonds is 10. The molecule has 2 aromatic carbocycles. The average molecular weight is 445 g/mol. The maximum Gasteiger partial charge on any atom is 0.254 e. The quantitative estimate of drug-likeness (QED) is 0.401. The van der Waals surface area contributed by atoms with Crippen molar-refractivity contribution in [2.24, 2.45) is 10.3 Å². The van der Waals surface area contributed by atoms with Gasteiger partial charge in [0.1, 0.15) is 5.82 Å².